The maximum absolute atomic E-state index is 11.9. The standard InChI is InChI=1S/C12H18IN3O2/c1-5-12(3,4)15-10(17)7-16-8(2)14-6-9(13)11(16)18/h6H,5,7H2,1-4H3,(H,15,17). The molecule has 0 aliphatic rings. The van der Waals surface area contributed by atoms with Crippen molar-refractivity contribution >= 4 is 28.5 Å². The molecule has 0 saturated heterocycles. The zero-order chi connectivity index (χ0) is 13.9. The van der Waals surface area contributed by atoms with Gasteiger partial charge >= 0.3 is 0 Å². The van der Waals surface area contributed by atoms with E-state index in [1.54, 1.807) is 6.92 Å². The second-order valence-electron chi connectivity index (χ2n) is 4.83. The molecule has 1 N–H and O–H groups in total. The fraction of sp³-hybridized carbons (Fsp3) is 0.583. The van der Waals surface area contributed by atoms with Gasteiger partial charge in [-0.2, -0.15) is 0 Å². The number of carbonyl (C=O) groups excluding carboxylic acids is 1. The van der Waals surface area contributed by atoms with Crippen LogP contribution in [0.4, 0.5) is 0 Å². The van der Waals surface area contributed by atoms with Gasteiger partial charge in [-0.25, -0.2) is 4.98 Å². The molecule has 1 heterocycles. The number of aryl methyl sites for hydroxylation is 1. The zero-order valence-electron chi connectivity index (χ0n) is 11.1. The molecule has 18 heavy (non-hydrogen) atoms. The van der Waals surface area contributed by atoms with Crippen LogP contribution in [0.2, 0.25) is 0 Å². The van der Waals surface area contributed by atoms with Crippen molar-refractivity contribution in [2.45, 2.75) is 46.2 Å². The molecule has 5 nitrogen and oxygen atoms in total. The quantitative estimate of drug-likeness (QED) is 0.824. The van der Waals surface area contributed by atoms with E-state index >= 15 is 0 Å². The smallest absolute Gasteiger partial charge is 0.267 e. The van der Waals surface area contributed by atoms with Crippen LogP contribution >= 0.6 is 22.6 Å². The highest BCUT2D eigenvalue weighted by Gasteiger charge is 2.19. The van der Waals surface area contributed by atoms with E-state index in [4.69, 9.17) is 0 Å². The summed E-state index contributed by atoms with van der Waals surface area (Å²) in [6.45, 7) is 7.64. The van der Waals surface area contributed by atoms with Gasteiger partial charge in [-0.1, -0.05) is 6.92 Å². The first-order chi connectivity index (χ1) is 8.26. The molecule has 1 aromatic heterocycles. The Bertz CT molecular complexity index is 509. The average molecular weight is 363 g/mol. The average Bonchev–Trinajstić information content (AvgIpc) is 2.29. The van der Waals surface area contributed by atoms with Crippen LogP contribution in [-0.4, -0.2) is 21.0 Å². The molecule has 1 aromatic rings. The first-order valence-electron chi connectivity index (χ1n) is 5.80. The largest absolute Gasteiger partial charge is 0.350 e. The van der Waals surface area contributed by atoms with Crippen molar-refractivity contribution in [3.05, 3.63) is 25.9 Å². The van der Waals surface area contributed by atoms with E-state index in [2.05, 4.69) is 10.3 Å². The molecule has 0 fully saturated rings. The van der Waals surface area contributed by atoms with Crippen molar-refractivity contribution in [3.8, 4) is 0 Å². The van der Waals surface area contributed by atoms with E-state index in [-0.39, 0.29) is 23.6 Å². The minimum atomic E-state index is -0.260. The lowest BCUT2D eigenvalue weighted by molar-refractivity contribution is -0.123. The van der Waals surface area contributed by atoms with Crippen molar-refractivity contribution in [1.29, 1.82) is 0 Å². The highest BCUT2D eigenvalue weighted by molar-refractivity contribution is 14.1. The number of hydrogen-bond acceptors (Lipinski definition) is 3. The molecule has 0 aliphatic carbocycles. The van der Waals surface area contributed by atoms with E-state index in [1.807, 2.05) is 43.4 Å². The fourth-order valence-corrected chi connectivity index (χ4v) is 1.82. The first kappa shape index (κ1) is 15.1. The summed E-state index contributed by atoms with van der Waals surface area (Å²) in [4.78, 5) is 27.9. The van der Waals surface area contributed by atoms with Gasteiger partial charge in [0.05, 0.1) is 3.57 Å². The number of rotatable bonds is 4. The SMILES string of the molecule is CCC(C)(C)NC(=O)Cn1c(C)ncc(I)c1=O. The second kappa shape index (κ2) is 5.81. The molecule has 0 spiro atoms. The summed E-state index contributed by atoms with van der Waals surface area (Å²) in [6.07, 6.45) is 2.35. The minimum absolute atomic E-state index is 0.0118. The van der Waals surface area contributed by atoms with Crippen LogP contribution in [-0.2, 0) is 11.3 Å². The summed E-state index contributed by atoms with van der Waals surface area (Å²) in [6, 6.07) is 0. The first-order valence-corrected chi connectivity index (χ1v) is 6.87. The van der Waals surface area contributed by atoms with E-state index in [9.17, 15) is 9.59 Å². The molecular formula is C12H18IN3O2. The molecule has 0 radical (unpaired) electrons. The number of amides is 1. The minimum Gasteiger partial charge on any atom is -0.350 e. The lowest BCUT2D eigenvalue weighted by Gasteiger charge is -2.24. The predicted octanol–water partition coefficient (Wildman–Crippen LogP) is 1.46. The van der Waals surface area contributed by atoms with Crippen LogP contribution in [0.1, 0.15) is 33.0 Å². The molecule has 0 bridgehead atoms. The third kappa shape index (κ3) is 3.79. The van der Waals surface area contributed by atoms with Crippen LogP contribution in [0.25, 0.3) is 0 Å². The van der Waals surface area contributed by atoms with Gasteiger partial charge in [-0.15, -0.1) is 0 Å². The molecule has 0 aromatic carbocycles. The van der Waals surface area contributed by atoms with Gasteiger partial charge in [0.2, 0.25) is 5.91 Å². The topological polar surface area (TPSA) is 64.0 Å². The second-order valence-corrected chi connectivity index (χ2v) is 5.99. The number of halogens is 1. The van der Waals surface area contributed by atoms with E-state index < -0.39 is 0 Å². The Balaban J connectivity index is 2.90. The van der Waals surface area contributed by atoms with Crippen molar-refractivity contribution in [2.75, 3.05) is 0 Å². The van der Waals surface area contributed by atoms with Crippen molar-refractivity contribution in [2.24, 2.45) is 0 Å². The van der Waals surface area contributed by atoms with Crippen LogP contribution in [0.5, 0.6) is 0 Å². The molecule has 1 amide bonds. The Labute approximate surface area is 120 Å². The molecular weight excluding hydrogens is 345 g/mol. The van der Waals surface area contributed by atoms with Gasteiger partial charge in [-0.05, 0) is 49.8 Å². The molecule has 1 rings (SSSR count). The molecule has 0 atom stereocenters. The van der Waals surface area contributed by atoms with Gasteiger partial charge in [0, 0.05) is 11.7 Å². The Morgan fingerprint density at radius 3 is 2.72 bits per heavy atom. The van der Waals surface area contributed by atoms with Gasteiger partial charge < -0.3 is 5.32 Å². The maximum Gasteiger partial charge on any atom is 0.267 e. The number of nitrogens with one attached hydrogen (secondary N) is 1. The van der Waals surface area contributed by atoms with Gasteiger partial charge in [0.25, 0.3) is 5.56 Å². The number of aromatic nitrogens is 2. The maximum atomic E-state index is 11.9. The lowest BCUT2D eigenvalue weighted by Crippen LogP contribution is -2.45. The summed E-state index contributed by atoms with van der Waals surface area (Å²) in [5.41, 5.74) is -0.434. The normalized spacial score (nSPS) is 11.4. The third-order valence-corrected chi connectivity index (χ3v) is 3.61. The molecule has 0 unspecified atom stereocenters. The summed E-state index contributed by atoms with van der Waals surface area (Å²) in [7, 11) is 0. The fourth-order valence-electron chi connectivity index (χ4n) is 1.39. The monoisotopic (exact) mass is 363 g/mol. The van der Waals surface area contributed by atoms with E-state index in [1.165, 1.54) is 10.8 Å². The highest BCUT2D eigenvalue weighted by atomic mass is 127. The van der Waals surface area contributed by atoms with Crippen LogP contribution in [0, 0.1) is 10.5 Å². The Morgan fingerprint density at radius 1 is 1.56 bits per heavy atom. The van der Waals surface area contributed by atoms with Gasteiger partial charge in [-0.3, -0.25) is 14.2 Å². The Kier molecular flexibility index (Phi) is 4.89. The molecule has 100 valence electrons. The van der Waals surface area contributed by atoms with E-state index in [0.717, 1.165) is 6.42 Å². The number of hydrogen-bond donors (Lipinski definition) is 1. The van der Waals surface area contributed by atoms with Crippen molar-refractivity contribution < 1.29 is 4.79 Å². The molecule has 6 heteroatoms. The Hall–Kier alpha value is -0.920. The summed E-state index contributed by atoms with van der Waals surface area (Å²) in [5, 5.41) is 2.90. The number of carbonyl (C=O) groups is 1. The van der Waals surface area contributed by atoms with Gasteiger partial charge in [0.15, 0.2) is 0 Å². The number of nitrogens with zero attached hydrogens (tertiary/aromatic N) is 2. The molecule has 0 saturated carbocycles. The summed E-state index contributed by atoms with van der Waals surface area (Å²) in [5.74, 6) is 0.376. The third-order valence-electron chi connectivity index (χ3n) is 2.87. The predicted molar refractivity (Wildman–Crippen MR) is 78.5 cm³/mol. The molecule has 0 aliphatic heterocycles. The van der Waals surface area contributed by atoms with Crippen molar-refractivity contribution in [3.63, 3.8) is 0 Å². The summed E-state index contributed by atoms with van der Waals surface area (Å²) >= 11 is 1.92. The zero-order valence-corrected chi connectivity index (χ0v) is 13.2. The Morgan fingerprint density at radius 2 is 2.17 bits per heavy atom. The van der Waals surface area contributed by atoms with Crippen LogP contribution < -0.4 is 10.9 Å². The van der Waals surface area contributed by atoms with Crippen molar-refractivity contribution in [1.82, 2.24) is 14.9 Å². The highest BCUT2D eigenvalue weighted by Crippen LogP contribution is 2.06. The van der Waals surface area contributed by atoms with Crippen LogP contribution in [0.15, 0.2) is 11.0 Å². The lowest BCUT2D eigenvalue weighted by atomic mass is 10.0. The van der Waals surface area contributed by atoms with Crippen LogP contribution in [0.3, 0.4) is 0 Å². The summed E-state index contributed by atoms with van der Waals surface area (Å²) < 4.78 is 1.91. The van der Waals surface area contributed by atoms with Gasteiger partial charge in [0.1, 0.15) is 12.4 Å². The van der Waals surface area contributed by atoms with E-state index in [0.29, 0.717) is 9.39 Å².